The third-order valence-electron chi connectivity index (χ3n) is 11.2. The highest BCUT2D eigenvalue weighted by Crippen LogP contribution is 2.19. The minimum Gasteiger partial charge on any atom is -0.483 e. The van der Waals surface area contributed by atoms with Crippen LogP contribution in [0, 0.1) is 0 Å². The van der Waals surface area contributed by atoms with Gasteiger partial charge in [0.05, 0.1) is 0 Å². The van der Waals surface area contributed by atoms with E-state index in [1.54, 1.807) is 7.05 Å². The van der Waals surface area contributed by atoms with Gasteiger partial charge in [-0.3, -0.25) is 19.2 Å². The van der Waals surface area contributed by atoms with E-state index in [4.69, 9.17) is 19.4 Å². The maximum Gasteiger partial charge on any atom is 0.306 e. The number of ether oxygens (including phenoxy) is 2. The second-order valence-corrected chi connectivity index (χ2v) is 16.4. The number of nitrogens with zero attached hydrogens (tertiary/aromatic N) is 1. The van der Waals surface area contributed by atoms with E-state index in [1.807, 2.05) is 0 Å². The number of hydrogen-bond acceptors (Lipinski definition) is 9. The van der Waals surface area contributed by atoms with E-state index >= 15 is 0 Å². The van der Waals surface area contributed by atoms with Gasteiger partial charge in [0.15, 0.2) is 0 Å². The van der Waals surface area contributed by atoms with Crippen LogP contribution in [0.15, 0.2) is 9.59 Å². The van der Waals surface area contributed by atoms with Crippen LogP contribution in [0.3, 0.4) is 0 Å². The molecule has 58 heavy (non-hydrogen) atoms. The van der Waals surface area contributed by atoms with Crippen molar-refractivity contribution in [1.29, 1.82) is 0 Å². The molecule has 0 aliphatic rings. The Balaban J connectivity index is 0.0000105. The first-order chi connectivity index (χ1) is 28.4. The van der Waals surface area contributed by atoms with Crippen molar-refractivity contribution >= 4 is 23.8 Å². The molecule has 0 fully saturated rings. The number of carboxylic acid groups (broad SMARTS) is 1. The summed E-state index contributed by atoms with van der Waals surface area (Å²) in [5, 5.41) is 12.9. The molecule has 0 aromatic heterocycles. The molecule has 10 heteroatoms. The zero-order valence-corrected chi connectivity index (χ0v) is 38.2. The molecule has 0 unspecified atom stereocenters. The largest absolute Gasteiger partial charge is 0.483 e. The number of rotatable bonds is 43. The van der Waals surface area contributed by atoms with Crippen LogP contribution in [0.1, 0.15) is 220 Å². The predicted octanol–water partition coefficient (Wildman–Crippen LogP) is 11.8. The number of nitrogens with one attached hydrogen (secondary N) is 2. The van der Waals surface area contributed by atoms with Gasteiger partial charge in [0.2, 0.25) is 0 Å². The quantitative estimate of drug-likeness (QED) is 0.0253. The molecule has 10 nitrogen and oxygen atoms in total. The monoisotopic (exact) mass is 822 g/mol. The van der Waals surface area contributed by atoms with E-state index in [0.717, 1.165) is 84.2 Å². The van der Waals surface area contributed by atoms with Crippen molar-refractivity contribution in [2.45, 2.75) is 226 Å². The molecular formula is C48H91N3O7. The molecule has 0 atom stereocenters. The first-order valence-corrected chi connectivity index (χ1v) is 24.2. The van der Waals surface area contributed by atoms with Crippen molar-refractivity contribution in [3.8, 4) is 0 Å². The number of hydrogen-bond donors (Lipinski definition) is 3. The summed E-state index contributed by atoms with van der Waals surface area (Å²) in [6.45, 7) is 12.1. The normalized spacial score (nSPS) is 11.3. The molecule has 3 N–H and O–H groups in total. The summed E-state index contributed by atoms with van der Waals surface area (Å²) in [6, 6.07) is 0. The minimum absolute atomic E-state index is 0.0108. The van der Waals surface area contributed by atoms with Crippen LogP contribution in [-0.2, 0) is 19.1 Å². The van der Waals surface area contributed by atoms with E-state index in [2.05, 4.69) is 36.3 Å². The van der Waals surface area contributed by atoms with Crippen molar-refractivity contribution in [1.82, 2.24) is 4.90 Å². The van der Waals surface area contributed by atoms with E-state index in [0.29, 0.717) is 24.3 Å². The van der Waals surface area contributed by atoms with Crippen LogP contribution >= 0.6 is 0 Å². The molecule has 0 aliphatic carbocycles. The number of esters is 1. The summed E-state index contributed by atoms with van der Waals surface area (Å²) in [5.41, 5.74) is 0.0130. The van der Waals surface area contributed by atoms with Crippen molar-refractivity contribution in [2.75, 3.05) is 57.1 Å². The number of carbonyl (C=O) groups excluding carboxylic acids is 1. The van der Waals surface area contributed by atoms with Gasteiger partial charge in [-0.1, -0.05) is 149 Å². The minimum atomic E-state index is -0.424. The summed E-state index contributed by atoms with van der Waals surface area (Å²) < 4.78 is 11.9. The zero-order chi connectivity index (χ0) is 42.7. The van der Waals surface area contributed by atoms with Gasteiger partial charge in [0, 0.05) is 33.2 Å². The van der Waals surface area contributed by atoms with Crippen LogP contribution in [0.4, 0.5) is 11.4 Å². The lowest BCUT2D eigenvalue weighted by Gasteiger charge is -2.23. The molecular weight excluding hydrogens is 731 g/mol. The second kappa shape index (κ2) is 42.7. The topological polar surface area (TPSA) is 134 Å². The maximum absolute atomic E-state index is 12.8. The Morgan fingerprint density at radius 3 is 1.47 bits per heavy atom. The Morgan fingerprint density at radius 1 is 0.586 bits per heavy atom. The fourth-order valence-corrected chi connectivity index (χ4v) is 7.58. The highest BCUT2D eigenvalue weighted by molar-refractivity contribution is 5.73. The molecule has 1 rings (SSSR count). The van der Waals surface area contributed by atoms with Crippen molar-refractivity contribution in [3.63, 3.8) is 0 Å². The zero-order valence-electron chi connectivity index (χ0n) is 38.2. The van der Waals surface area contributed by atoms with Crippen LogP contribution < -0.4 is 21.5 Å². The molecule has 0 bridgehead atoms. The Kier molecular flexibility index (Phi) is 40.8. The van der Waals surface area contributed by atoms with Crippen molar-refractivity contribution in [2.24, 2.45) is 0 Å². The number of anilines is 2. The van der Waals surface area contributed by atoms with Crippen molar-refractivity contribution < 1.29 is 24.2 Å². The van der Waals surface area contributed by atoms with E-state index in [9.17, 15) is 14.4 Å². The number of carbonyl (C=O) groups is 2. The molecule has 340 valence electrons. The molecule has 0 aliphatic heterocycles. The van der Waals surface area contributed by atoms with Gasteiger partial charge in [-0.05, 0) is 83.8 Å². The smallest absolute Gasteiger partial charge is 0.306 e. The Labute approximate surface area is 355 Å². The van der Waals surface area contributed by atoms with Crippen molar-refractivity contribution in [3.05, 3.63) is 20.4 Å². The molecule has 1 aromatic carbocycles. The molecule has 0 saturated carbocycles. The van der Waals surface area contributed by atoms with Gasteiger partial charge < -0.3 is 30.1 Å². The summed E-state index contributed by atoms with van der Waals surface area (Å²) in [6.07, 6.45) is 37.0. The average molecular weight is 822 g/mol. The second-order valence-electron chi connectivity index (χ2n) is 16.4. The third kappa shape index (κ3) is 32.4. The molecule has 0 radical (unpaired) electrons. The summed E-state index contributed by atoms with van der Waals surface area (Å²) >= 11 is 0. The van der Waals surface area contributed by atoms with E-state index in [-0.39, 0.29) is 18.5 Å². The van der Waals surface area contributed by atoms with Gasteiger partial charge in [-0.25, -0.2) is 0 Å². The standard InChI is InChI=1S/C47H89N3O5.CH2O2/c1-5-8-11-14-18-25-33-42(34-26-19-15-12-9-6-2)55-43(51)35-27-20-17-21-28-37-50(39-32-36-49-45-44(48-4)46(52)47(45)53)38-29-22-24-31-41-54-40-30-23-16-13-10-7-3;2-1-3/h42,48-49H,5-41H2,1-4H3;1H,(H,2,3). The summed E-state index contributed by atoms with van der Waals surface area (Å²) in [4.78, 5) is 47.4. The van der Waals surface area contributed by atoms with Crippen LogP contribution in [-0.4, -0.2) is 75.0 Å². The van der Waals surface area contributed by atoms with Crippen LogP contribution in [0.25, 0.3) is 0 Å². The SMILES string of the molecule is CCCCCCCCOCCCCCCN(CCCCCCCC(=O)OC(CCCCCCCC)CCCCCCCC)CCCNc1c(NC)c(=O)c1=O.O=CO. The molecule has 0 spiro atoms. The molecule has 0 amide bonds. The van der Waals surface area contributed by atoms with E-state index < -0.39 is 10.9 Å². The van der Waals surface area contributed by atoms with Crippen LogP contribution in [0.2, 0.25) is 0 Å². The lowest BCUT2D eigenvalue weighted by atomic mass is 10.0. The first kappa shape index (κ1) is 55.5. The Hall–Kier alpha value is -2.46. The maximum atomic E-state index is 12.8. The predicted molar refractivity (Wildman–Crippen MR) is 245 cm³/mol. The van der Waals surface area contributed by atoms with Gasteiger partial charge in [0.1, 0.15) is 17.5 Å². The fourth-order valence-electron chi connectivity index (χ4n) is 7.58. The van der Waals surface area contributed by atoms with Gasteiger partial charge in [-0.2, -0.15) is 0 Å². The summed E-state index contributed by atoms with van der Waals surface area (Å²) in [7, 11) is 1.68. The molecule has 0 heterocycles. The Morgan fingerprint density at radius 2 is 0.983 bits per heavy atom. The highest BCUT2D eigenvalue weighted by atomic mass is 16.5. The Bertz CT molecular complexity index is 1110. The van der Waals surface area contributed by atoms with Crippen LogP contribution in [0.5, 0.6) is 0 Å². The average Bonchev–Trinajstić information content (AvgIpc) is 3.22. The van der Waals surface area contributed by atoms with Gasteiger partial charge in [0.25, 0.3) is 17.3 Å². The van der Waals surface area contributed by atoms with E-state index in [1.165, 1.54) is 141 Å². The third-order valence-corrected chi connectivity index (χ3v) is 11.2. The molecule has 1 aromatic rings. The lowest BCUT2D eigenvalue weighted by molar-refractivity contribution is -0.150. The number of unbranched alkanes of at least 4 members (excludes halogenated alkanes) is 22. The lowest BCUT2D eigenvalue weighted by Crippen LogP contribution is -2.37. The summed E-state index contributed by atoms with van der Waals surface area (Å²) in [5.74, 6) is 0.0108. The molecule has 0 saturated heterocycles. The fraction of sp³-hybridized carbons (Fsp3) is 0.875. The first-order valence-electron chi connectivity index (χ1n) is 24.2. The van der Waals surface area contributed by atoms with Gasteiger partial charge >= 0.3 is 5.97 Å². The van der Waals surface area contributed by atoms with Gasteiger partial charge in [-0.15, -0.1) is 0 Å². The highest BCUT2D eigenvalue weighted by Gasteiger charge is 2.19.